The average molecular weight is 442 g/mol. The van der Waals surface area contributed by atoms with Crippen molar-refractivity contribution < 1.29 is 12.8 Å². The maximum absolute atomic E-state index is 13.9. The van der Waals surface area contributed by atoms with Crippen LogP contribution in [0.5, 0.6) is 0 Å². The first-order chi connectivity index (χ1) is 14.3. The number of hydrogen-bond acceptors (Lipinski definition) is 5. The number of nitrogens with zero attached hydrogens (tertiary/aromatic N) is 2. The Labute approximate surface area is 179 Å². The van der Waals surface area contributed by atoms with Crippen molar-refractivity contribution in [2.24, 2.45) is 5.92 Å². The lowest BCUT2D eigenvalue weighted by atomic mass is 9.89. The highest BCUT2D eigenvalue weighted by atomic mass is 35.5. The molecule has 8 heteroatoms. The van der Waals surface area contributed by atoms with Crippen LogP contribution in [-0.2, 0) is 27.4 Å². The van der Waals surface area contributed by atoms with Crippen molar-refractivity contribution in [1.82, 2.24) is 15.2 Å². The highest BCUT2D eigenvalue weighted by molar-refractivity contribution is 7.92. The predicted octanol–water partition coefficient (Wildman–Crippen LogP) is 4.62. The molecule has 2 unspecified atom stereocenters. The molecule has 5 rings (SSSR count). The van der Waals surface area contributed by atoms with Crippen LogP contribution >= 0.6 is 11.6 Å². The van der Waals surface area contributed by atoms with Crippen LogP contribution in [0.4, 0.5) is 0 Å². The summed E-state index contributed by atoms with van der Waals surface area (Å²) in [7, 11) is -3.82. The summed E-state index contributed by atoms with van der Waals surface area (Å²) in [6.07, 6.45) is 1.13. The van der Waals surface area contributed by atoms with E-state index in [9.17, 15) is 8.42 Å². The number of H-pyrrole nitrogens is 1. The topological polar surface area (TPSA) is 88.9 Å². The number of halogens is 1. The number of nitrogens with one attached hydrogen (secondary N) is 1. The maximum Gasteiger partial charge on any atom is 0.238 e. The van der Waals surface area contributed by atoms with Crippen molar-refractivity contribution in [3.05, 3.63) is 76.6 Å². The van der Waals surface area contributed by atoms with Crippen LogP contribution in [0.25, 0.3) is 10.9 Å². The standard InChI is InChI=1S/C22H20ClN3O3S/c1-13-25-26-21(29-13)22(2,30(27,28)16-6-4-3-5-7-16)14-10-17-18-12-15(23)8-9-19(18)24-20(17)11-14/h3-9,12,14,24H,10-11H2,1-2H3. The first-order valence-electron chi connectivity index (χ1n) is 9.70. The maximum atomic E-state index is 13.9. The van der Waals surface area contributed by atoms with Gasteiger partial charge in [-0.15, -0.1) is 10.2 Å². The smallest absolute Gasteiger partial charge is 0.238 e. The van der Waals surface area contributed by atoms with E-state index in [1.807, 2.05) is 18.2 Å². The molecule has 1 aliphatic carbocycles. The lowest BCUT2D eigenvalue weighted by Gasteiger charge is -2.32. The monoisotopic (exact) mass is 441 g/mol. The summed E-state index contributed by atoms with van der Waals surface area (Å²) >= 11 is 6.21. The second-order valence-corrected chi connectivity index (χ2v) is 10.7. The molecule has 0 saturated heterocycles. The van der Waals surface area contributed by atoms with Gasteiger partial charge in [-0.1, -0.05) is 29.8 Å². The van der Waals surface area contributed by atoms with Gasteiger partial charge in [0.25, 0.3) is 0 Å². The first-order valence-corrected chi connectivity index (χ1v) is 11.6. The predicted molar refractivity (Wildman–Crippen MR) is 114 cm³/mol. The number of fused-ring (bicyclic) bond motifs is 3. The number of hydrogen-bond donors (Lipinski definition) is 1. The average Bonchev–Trinajstić information content (AvgIpc) is 3.43. The Morgan fingerprint density at radius 1 is 1.13 bits per heavy atom. The van der Waals surface area contributed by atoms with Gasteiger partial charge in [0.15, 0.2) is 14.6 Å². The normalized spacial score (nSPS) is 18.4. The summed E-state index contributed by atoms with van der Waals surface area (Å²) in [6, 6.07) is 14.2. The van der Waals surface area contributed by atoms with Gasteiger partial charge in [0.1, 0.15) is 0 Å². The molecule has 154 valence electrons. The molecule has 2 atom stereocenters. The summed E-state index contributed by atoms with van der Waals surface area (Å²) in [6.45, 7) is 3.37. The summed E-state index contributed by atoms with van der Waals surface area (Å²) < 4.78 is 32.1. The molecule has 0 amide bonds. The van der Waals surface area contributed by atoms with Gasteiger partial charge in [0, 0.05) is 28.5 Å². The van der Waals surface area contributed by atoms with E-state index in [1.54, 1.807) is 44.2 Å². The van der Waals surface area contributed by atoms with Gasteiger partial charge in [-0.2, -0.15) is 0 Å². The summed E-state index contributed by atoms with van der Waals surface area (Å²) in [5, 5.41) is 9.76. The number of rotatable bonds is 4. The molecule has 0 spiro atoms. The lowest BCUT2D eigenvalue weighted by molar-refractivity contribution is 0.316. The SMILES string of the molecule is Cc1nnc(C(C)(C2Cc3[nH]c4ccc(Cl)cc4c3C2)S(=O)(=O)c2ccccc2)o1. The quantitative estimate of drug-likeness (QED) is 0.499. The van der Waals surface area contributed by atoms with E-state index in [0.29, 0.717) is 23.8 Å². The number of benzene rings is 2. The fraction of sp³-hybridized carbons (Fsp3) is 0.273. The van der Waals surface area contributed by atoms with E-state index < -0.39 is 14.6 Å². The Morgan fingerprint density at radius 3 is 2.60 bits per heavy atom. The molecule has 6 nitrogen and oxygen atoms in total. The number of aromatic nitrogens is 3. The summed E-state index contributed by atoms with van der Waals surface area (Å²) in [5.41, 5.74) is 3.13. The Kier molecular flexibility index (Phi) is 4.31. The van der Waals surface area contributed by atoms with Crippen LogP contribution in [0.15, 0.2) is 57.8 Å². The van der Waals surface area contributed by atoms with E-state index in [1.165, 1.54) is 0 Å². The van der Waals surface area contributed by atoms with Crippen LogP contribution in [0, 0.1) is 12.8 Å². The molecule has 30 heavy (non-hydrogen) atoms. The minimum Gasteiger partial charge on any atom is -0.424 e. The second-order valence-electron chi connectivity index (χ2n) is 7.93. The zero-order chi connectivity index (χ0) is 21.1. The number of aryl methyl sites for hydroxylation is 1. The molecule has 2 heterocycles. The molecule has 2 aromatic carbocycles. The molecule has 0 bridgehead atoms. The molecule has 0 aliphatic heterocycles. The van der Waals surface area contributed by atoms with Gasteiger partial charge in [-0.05, 0) is 61.6 Å². The zero-order valence-electron chi connectivity index (χ0n) is 16.5. The van der Waals surface area contributed by atoms with Crippen molar-refractivity contribution in [2.75, 3.05) is 0 Å². The van der Waals surface area contributed by atoms with Crippen LogP contribution in [-0.4, -0.2) is 23.6 Å². The molecular weight excluding hydrogens is 422 g/mol. The summed E-state index contributed by atoms with van der Waals surface area (Å²) in [4.78, 5) is 3.68. The summed E-state index contributed by atoms with van der Waals surface area (Å²) in [5.74, 6) is 0.196. The third-order valence-electron chi connectivity index (χ3n) is 6.20. The third kappa shape index (κ3) is 2.72. The molecular formula is C22H20ClN3O3S. The Bertz CT molecular complexity index is 1360. The Morgan fingerprint density at radius 2 is 1.90 bits per heavy atom. The van der Waals surface area contributed by atoms with E-state index in [4.69, 9.17) is 16.0 Å². The van der Waals surface area contributed by atoms with E-state index in [0.717, 1.165) is 22.2 Å². The van der Waals surface area contributed by atoms with Gasteiger partial charge in [-0.25, -0.2) is 8.42 Å². The highest BCUT2D eigenvalue weighted by Crippen LogP contribution is 2.48. The van der Waals surface area contributed by atoms with Gasteiger partial charge in [-0.3, -0.25) is 0 Å². The van der Waals surface area contributed by atoms with E-state index in [-0.39, 0.29) is 16.7 Å². The van der Waals surface area contributed by atoms with E-state index in [2.05, 4.69) is 15.2 Å². The Balaban J connectivity index is 1.65. The van der Waals surface area contributed by atoms with Crippen LogP contribution < -0.4 is 0 Å². The molecule has 1 aliphatic rings. The molecule has 1 N–H and O–H groups in total. The fourth-order valence-corrected chi connectivity index (χ4v) is 6.58. The molecule has 2 aromatic heterocycles. The molecule has 0 radical (unpaired) electrons. The van der Waals surface area contributed by atoms with Crippen molar-refractivity contribution in [1.29, 1.82) is 0 Å². The molecule has 0 fully saturated rings. The minimum absolute atomic E-state index is 0.126. The third-order valence-corrected chi connectivity index (χ3v) is 8.95. The van der Waals surface area contributed by atoms with Crippen LogP contribution in [0.1, 0.15) is 30.0 Å². The van der Waals surface area contributed by atoms with Crippen molar-refractivity contribution >= 4 is 32.3 Å². The second kappa shape index (κ2) is 6.68. The van der Waals surface area contributed by atoms with Crippen LogP contribution in [0.2, 0.25) is 5.02 Å². The van der Waals surface area contributed by atoms with Crippen molar-refractivity contribution in [2.45, 2.75) is 36.3 Å². The van der Waals surface area contributed by atoms with Gasteiger partial charge < -0.3 is 9.40 Å². The zero-order valence-corrected chi connectivity index (χ0v) is 18.1. The van der Waals surface area contributed by atoms with E-state index >= 15 is 0 Å². The van der Waals surface area contributed by atoms with Crippen LogP contribution in [0.3, 0.4) is 0 Å². The molecule has 4 aromatic rings. The van der Waals surface area contributed by atoms with Gasteiger partial charge >= 0.3 is 0 Å². The van der Waals surface area contributed by atoms with Gasteiger partial charge in [0.05, 0.1) is 4.90 Å². The number of aromatic amines is 1. The largest absolute Gasteiger partial charge is 0.424 e. The highest BCUT2D eigenvalue weighted by Gasteiger charge is 2.54. The van der Waals surface area contributed by atoms with Crippen molar-refractivity contribution in [3.8, 4) is 0 Å². The Hall–Kier alpha value is -2.64. The van der Waals surface area contributed by atoms with Gasteiger partial charge in [0.2, 0.25) is 11.8 Å². The molecule has 0 saturated carbocycles. The first kappa shape index (κ1) is 19.3. The number of sulfone groups is 1. The van der Waals surface area contributed by atoms with Crippen molar-refractivity contribution in [3.63, 3.8) is 0 Å². The lowest BCUT2D eigenvalue weighted by Crippen LogP contribution is -2.41. The minimum atomic E-state index is -3.82. The fourth-order valence-electron chi connectivity index (χ4n) is 4.49.